The fraction of sp³-hybridized carbons (Fsp3) is 0.333. The van der Waals surface area contributed by atoms with E-state index in [4.69, 9.17) is 5.73 Å². The molecule has 0 heterocycles. The number of nitrogens with zero attached hydrogens (tertiary/aromatic N) is 1. The SMILES string of the molecule is CCN(O)c1ccc(C)c(N)c1. The summed E-state index contributed by atoms with van der Waals surface area (Å²) in [5.74, 6) is 0. The van der Waals surface area contributed by atoms with Gasteiger partial charge >= 0.3 is 0 Å². The predicted octanol–water partition coefficient (Wildman–Crippen LogP) is 1.79. The van der Waals surface area contributed by atoms with Gasteiger partial charge in [-0.1, -0.05) is 6.07 Å². The zero-order valence-electron chi connectivity index (χ0n) is 7.41. The molecular formula is C9H14N2O. The number of anilines is 2. The summed E-state index contributed by atoms with van der Waals surface area (Å²) in [7, 11) is 0. The van der Waals surface area contributed by atoms with Crippen molar-refractivity contribution >= 4 is 11.4 Å². The van der Waals surface area contributed by atoms with Gasteiger partial charge in [0.05, 0.1) is 5.69 Å². The number of benzene rings is 1. The summed E-state index contributed by atoms with van der Waals surface area (Å²) in [6.07, 6.45) is 0. The van der Waals surface area contributed by atoms with E-state index in [9.17, 15) is 5.21 Å². The molecule has 1 rings (SSSR count). The first-order valence-corrected chi connectivity index (χ1v) is 3.97. The van der Waals surface area contributed by atoms with Crippen LogP contribution in [0.4, 0.5) is 11.4 Å². The summed E-state index contributed by atoms with van der Waals surface area (Å²) in [4.78, 5) is 0. The van der Waals surface area contributed by atoms with Gasteiger partial charge in [-0.05, 0) is 31.5 Å². The molecule has 0 unspecified atom stereocenters. The predicted molar refractivity (Wildman–Crippen MR) is 50.4 cm³/mol. The van der Waals surface area contributed by atoms with E-state index in [1.54, 1.807) is 6.07 Å². The fourth-order valence-electron chi connectivity index (χ4n) is 0.971. The average molecular weight is 166 g/mol. The van der Waals surface area contributed by atoms with E-state index >= 15 is 0 Å². The normalized spacial score (nSPS) is 9.92. The molecule has 0 aliphatic rings. The number of aryl methyl sites for hydroxylation is 1. The van der Waals surface area contributed by atoms with Crippen LogP contribution in [0.3, 0.4) is 0 Å². The number of hydroxylamine groups is 1. The topological polar surface area (TPSA) is 49.5 Å². The molecule has 0 saturated heterocycles. The molecule has 66 valence electrons. The standard InChI is InChI=1S/C9H14N2O/c1-3-11(12)8-5-4-7(2)9(10)6-8/h4-6,12H,3,10H2,1-2H3. The second kappa shape index (κ2) is 3.45. The highest BCUT2D eigenvalue weighted by Gasteiger charge is 2.00. The van der Waals surface area contributed by atoms with Gasteiger partial charge in [-0.15, -0.1) is 0 Å². The minimum absolute atomic E-state index is 0.558. The van der Waals surface area contributed by atoms with Crippen molar-refractivity contribution in [3.8, 4) is 0 Å². The zero-order valence-corrected chi connectivity index (χ0v) is 7.41. The Bertz CT molecular complexity index is 273. The molecule has 3 nitrogen and oxygen atoms in total. The highest BCUT2D eigenvalue weighted by atomic mass is 16.5. The summed E-state index contributed by atoms with van der Waals surface area (Å²) in [6, 6.07) is 5.50. The number of hydrogen-bond donors (Lipinski definition) is 2. The van der Waals surface area contributed by atoms with Crippen LogP contribution in [0.25, 0.3) is 0 Å². The molecule has 0 radical (unpaired) electrons. The Morgan fingerprint density at radius 3 is 2.67 bits per heavy atom. The van der Waals surface area contributed by atoms with Crippen molar-refractivity contribution in [1.82, 2.24) is 0 Å². The van der Waals surface area contributed by atoms with E-state index in [1.165, 1.54) is 0 Å². The lowest BCUT2D eigenvalue weighted by Gasteiger charge is -2.15. The Hall–Kier alpha value is -1.22. The molecule has 0 aromatic heterocycles. The smallest absolute Gasteiger partial charge is 0.0654 e. The van der Waals surface area contributed by atoms with Gasteiger partial charge in [-0.25, -0.2) is 0 Å². The molecule has 0 saturated carbocycles. The van der Waals surface area contributed by atoms with Crippen molar-refractivity contribution in [2.45, 2.75) is 13.8 Å². The van der Waals surface area contributed by atoms with Crippen LogP contribution in [-0.2, 0) is 0 Å². The first-order valence-electron chi connectivity index (χ1n) is 3.97. The van der Waals surface area contributed by atoms with Gasteiger partial charge in [0.25, 0.3) is 0 Å². The molecule has 0 spiro atoms. The van der Waals surface area contributed by atoms with E-state index < -0.39 is 0 Å². The second-order valence-corrected chi connectivity index (χ2v) is 2.76. The molecular weight excluding hydrogens is 152 g/mol. The van der Waals surface area contributed by atoms with Gasteiger partial charge in [0.1, 0.15) is 0 Å². The lowest BCUT2D eigenvalue weighted by atomic mass is 10.2. The molecule has 0 aliphatic heterocycles. The van der Waals surface area contributed by atoms with Crippen molar-refractivity contribution in [3.05, 3.63) is 23.8 Å². The summed E-state index contributed by atoms with van der Waals surface area (Å²) >= 11 is 0. The molecule has 0 atom stereocenters. The molecule has 0 aliphatic carbocycles. The van der Waals surface area contributed by atoms with E-state index in [-0.39, 0.29) is 0 Å². The van der Waals surface area contributed by atoms with Gasteiger partial charge in [0, 0.05) is 12.2 Å². The Morgan fingerprint density at radius 1 is 1.50 bits per heavy atom. The lowest BCUT2D eigenvalue weighted by molar-refractivity contribution is 0.260. The Kier molecular flexibility index (Phi) is 2.55. The van der Waals surface area contributed by atoms with Crippen LogP contribution in [0, 0.1) is 6.92 Å². The van der Waals surface area contributed by atoms with Gasteiger partial charge in [0.15, 0.2) is 0 Å². The summed E-state index contributed by atoms with van der Waals surface area (Å²) in [6.45, 7) is 4.37. The summed E-state index contributed by atoms with van der Waals surface area (Å²) in [5.41, 5.74) is 8.15. The number of nitrogens with two attached hydrogens (primary N) is 1. The number of nitrogen functional groups attached to an aromatic ring is 1. The summed E-state index contributed by atoms with van der Waals surface area (Å²) in [5, 5.41) is 10.5. The lowest BCUT2D eigenvalue weighted by Crippen LogP contribution is -2.16. The third-order valence-corrected chi connectivity index (χ3v) is 1.86. The molecule has 0 fully saturated rings. The third-order valence-electron chi connectivity index (χ3n) is 1.86. The monoisotopic (exact) mass is 166 g/mol. The highest BCUT2D eigenvalue weighted by molar-refractivity contribution is 5.58. The van der Waals surface area contributed by atoms with E-state index in [1.807, 2.05) is 26.0 Å². The molecule has 1 aromatic carbocycles. The number of hydrogen-bond acceptors (Lipinski definition) is 3. The minimum Gasteiger partial charge on any atom is -0.398 e. The van der Waals surface area contributed by atoms with Gasteiger partial charge in [-0.3, -0.25) is 10.3 Å². The van der Waals surface area contributed by atoms with Gasteiger partial charge in [0.2, 0.25) is 0 Å². The van der Waals surface area contributed by atoms with Crippen molar-refractivity contribution in [3.63, 3.8) is 0 Å². The van der Waals surface area contributed by atoms with E-state index in [0.717, 1.165) is 16.3 Å². The first kappa shape index (κ1) is 8.87. The molecule has 3 heteroatoms. The Balaban J connectivity index is 2.96. The van der Waals surface area contributed by atoms with Crippen LogP contribution >= 0.6 is 0 Å². The van der Waals surface area contributed by atoms with Crippen molar-refractivity contribution in [2.24, 2.45) is 0 Å². The average Bonchev–Trinajstić information content (AvgIpc) is 2.08. The zero-order chi connectivity index (χ0) is 9.14. The van der Waals surface area contributed by atoms with Crippen LogP contribution in [0.1, 0.15) is 12.5 Å². The van der Waals surface area contributed by atoms with E-state index in [2.05, 4.69) is 0 Å². The van der Waals surface area contributed by atoms with Crippen LogP contribution in [0.5, 0.6) is 0 Å². The fourth-order valence-corrected chi connectivity index (χ4v) is 0.971. The Labute approximate surface area is 72.4 Å². The molecule has 1 aromatic rings. The van der Waals surface area contributed by atoms with Crippen molar-refractivity contribution in [1.29, 1.82) is 0 Å². The molecule has 0 amide bonds. The largest absolute Gasteiger partial charge is 0.398 e. The third kappa shape index (κ3) is 1.68. The maximum Gasteiger partial charge on any atom is 0.0654 e. The maximum absolute atomic E-state index is 9.32. The molecule has 12 heavy (non-hydrogen) atoms. The molecule has 0 bridgehead atoms. The second-order valence-electron chi connectivity index (χ2n) is 2.76. The van der Waals surface area contributed by atoms with Crippen molar-refractivity contribution in [2.75, 3.05) is 17.3 Å². The highest BCUT2D eigenvalue weighted by Crippen LogP contribution is 2.19. The summed E-state index contributed by atoms with van der Waals surface area (Å²) < 4.78 is 0. The quantitative estimate of drug-likeness (QED) is 0.520. The van der Waals surface area contributed by atoms with Gasteiger partial charge < -0.3 is 5.73 Å². The minimum atomic E-state index is 0.558. The van der Waals surface area contributed by atoms with Crippen molar-refractivity contribution < 1.29 is 5.21 Å². The van der Waals surface area contributed by atoms with E-state index in [0.29, 0.717) is 12.2 Å². The first-order chi connectivity index (χ1) is 5.65. The molecule has 3 N–H and O–H groups in total. The van der Waals surface area contributed by atoms with Crippen LogP contribution in [-0.4, -0.2) is 11.8 Å². The Morgan fingerprint density at radius 2 is 2.17 bits per heavy atom. The van der Waals surface area contributed by atoms with Crippen LogP contribution < -0.4 is 10.8 Å². The van der Waals surface area contributed by atoms with Gasteiger partial charge in [-0.2, -0.15) is 0 Å². The van der Waals surface area contributed by atoms with Crippen LogP contribution in [0.15, 0.2) is 18.2 Å². The number of rotatable bonds is 2. The maximum atomic E-state index is 9.32. The van der Waals surface area contributed by atoms with Crippen LogP contribution in [0.2, 0.25) is 0 Å².